The number of rotatable bonds is 4. The third-order valence-electron chi connectivity index (χ3n) is 4.56. The number of halogens is 1. The Bertz CT molecular complexity index is 701. The Morgan fingerprint density at radius 1 is 1.30 bits per heavy atom. The maximum Gasteiger partial charge on any atom is 0.305 e. The van der Waals surface area contributed by atoms with Crippen LogP contribution in [0.1, 0.15) is 17.7 Å². The van der Waals surface area contributed by atoms with Gasteiger partial charge in [0.05, 0.1) is 5.69 Å². The molecule has 0 unspecified atom stereocenters. The zero-order valence-electron chi connectivity index (χ0n) is 13.5. The second kappa shape index (κ2) is 6.95. The normalized spacial score (nSPS) is 17.0. The van der Waals surface area contributed by atoms with Crippen molar-refractivity contribution in [1.29, 1.82) is 0 Å². The number of likely N-dealkylation sites (tertiary alicyclic amines) is 1. The number of nitrogens with one attached hydrogen (secondary N) is 1. The highest BCUT2D eigenvalue weighted by Crippen LogP contribution is 2.26. The van der Waals surface area contributed by atoms with Crippen LogP contribution in [0.4, 0.5) is 4.39 Å². The van der Waals surface area contributed by atoms with Crippen molar-refractivity contribution < 1.29 is 4.39 Å². The van der Waals surface area contributed by atoms with Gasteiger partial charge in [0.2, 0.25) is 0 Å². The van der Waals surface area contributed by atoms with Crippen molar-refractivity contribution in [3.63, 3.8) is 0 Å². The molecule has 1 aromatic carbocycles. The number of nitrogens with zero attached hydrogens (tertiary/aromatic N) is 2. The van der Waals surface area contributed by atoms with Crippen LogP contribution in [0.15, 0.2) is 29.1 Å². The minimum absolute atomic E-state index is 0.0592. The Labute approximate surface area is 139 Å². The molecule has 3 rings (SSSR count). The summed E-state index contributed by atoms with van der Waals surface area (Å²) in [5, 5.41) is 0. The molecule has 0 atom stereocenters. The summed E-state index contributed by atoms with van der Waals surface area (Å²) in [5.41, 5.74) is 1.68. The average molecular weight is 335 g/mol. The Kier molecular flexibility index (Phi) is 4.94. The first kappa shape index (κ1) is 16.4. The minimum atomic E-state index is -0.267. The van der Waals surface area contributed by atoms with Crippen LogP contribution >= 0.6 is 11.3 Å². The summed E-state index contributed by atoms with van der Waals surface area (Å²) in [4.78, 5) is 20.4. The number of aromatic nitrogens is 1. The van der Waals surface area contributed by atoms with Crippen molar-refractivity contribution >= 4 is 11.3 Å². The summed E-state index contributed by atoms with van der Waals surface area (Å²) in [6.45, 7) is 2.97. The molecule has 0 spiro atoms. The van der Waals surface area contributed by atoms with Gasteiger partial charge in [-0.3, -0.25) is 9.69 Å². The van der Waals surface area contributed by atoms with Crippen LogP contribution in [0, 0.1) is 5.82 Å². The van der Waals surface area contributed by atoms with Gasteiger partial charge in [0.15, 0.2) is 0 Å². The van der Waals surface area contributed by atoms with E-state index in [2.05, 4.69) is 28.9 Å². The average Bonchev–Trinajstić information content (AvgIpc) is 2.89. The van der Waals surface area contributed by atoms with Gasteiger partial charge in [-0.15, -0.1) is 0 Å². The molecular weight excluding hydrogens is 313 g/mol. The second-order valence-electron chi connectivity index (χ2n) is 6.27. The molecule has 0 saturated carbocycles. The molecule has 0 aliphatic carbocycles. The highest BCUT2D eigenvalue weighted by molar-refractivity contribution is 7.09. The molecule has 4 nitrogen and oxygen atoms in total. The van der Waals surface area contributed by atoms with Crippen molar-refractivity contribution in [2.75, 3.05) is 27.2 Å². The number of hydrogen-bond acceptors (Lipinski definition) is 4. The standard InChI is InChI=1S/C17H22FN3OS/c1-20-9-7-14(8-10-20)21(2)11-15-16(19-17(22)23-15)12-3-5-13(18)6-4-12/h3-6,14H,7-11H2,1-2H3,(H,19,22). The zero-order valence-corrected chi connectivity index (χ0v) is 14.3. The molecule has 1 aliphatic heterocycles. The third-order valence-corrected chi connectivity index (χ3v) is 5.43. The number of benzene rings is 1. The summed E-state index contributed by atoms with van der Waals surface area (Å²) in [6.07, 6.45) is 2.30. The summed E-state index contributed by atoms with van der Waals surface area (Å²) in [5.74, 6) is -0.267. The molecular formula is C17H22FN3OS. The Morgan fingerprint density at radius 2 is 1.96 bits per heavy atom. The van der Waals surface area contributed by atoms with Gasteiger partial charge in [0.25, 0.3) is 0 Å². The van der Waals surface area contributed by atoms with E-state index in [0.29, 0.717) is 6.04 Å². The predicted molar refractivity (Wildman–Crippen MR) is 92.3 cm³/mol. The topological polar surface area (TPSA) is 39.3 Å². The van der Waals surface area contributed by atoms with E-state index in [-0.39, 0.29) is 10.7 Å². The molecule has 1 saturated heterocycles. The van der Waals surface area contributed by atoms with E-state index < -0.39 is 0 Å². The van der Waals surface area contributed by atoms with Crippen molar-refractivity contribution in [3.05, 3.63) is 44.6 Å². The largest absolute Gasteiger partial charge is 0.312 e. The number of aromatic amines is 1. The van der Waals surface area contributed by atoms with Crippen LogP contribution in [0.2, 0.25) is 0 Å². The molecule has 2 aromatic rings. The van der Waals surface area contributed by atoms with E-state index in [1.165, 1.54) is 23.5 Å². The molecule has 2 heterocycles. The Hall–Kier alpha value is -1.50. The summed E-state index contributed by atoms with van der Waals surface area (Å²) < 4.78 is 13.1. The monoisotopic (exact) mass is 335 g/mol. The van der Waals surface area contributed by atoms with Crippen molar-refractivity contribution in [2.45, 2.75) is 25.4 Å². The Balaban J connectivity index is 1.78. The van der Waals surface area contributed by atoms with Gasteiger partial charge < -0.3 is 9.88 Å². The van der Waals surface area contributed by atoms with Crippen LogP contribution in [0.25, 0.3) is 11.3 Å². The van der Waals surface area contributed by atoms with Crippen molar-refractivity contribution in [2.24, 2.45) is 0 Å². The van der Waals surface area contributed by atoms with Gasteiger partial charge in [-0.2, -0.15) is 0 Å². The molecule has 1 N–H and O–H groups in total. The number of thiazole rings is 1. The lowest BCUT2D eigenvalue weighted by atomic mass is 10.0. The molecule has 1 fully saturated rings. The van der Waals surface area contributed by atoms with Crippen LogP contribution in [-0.4, -0.2) is 48.0 Å². The second-order valence-corrected chi connectivity index (χ2v) is 7.34. The summed E-state index contributed by atoms with van der Waals surface area (Å²) >= 11 is 1.25. The smallest absolute Gasteiger partial charge is 0.305 e. The van der Waals surface area contributed by atoms with Gasteiger partial charge in [-0.1, -0.05) is 11.3 Å². The van der Waals surface area contributed by atoms with Crippen LogP contribution in [0.5, 0.6) is 0 Å². The third kappa shape index (κ3) is 3.88. The molecule has 1 aliphatic rings. The fourth-order valence-corrected chi connectivity index (χ4v) is 4.03. The minimum Gasteiger partial charge on any atom is -0.312 e. The first-order chi connectivity index (χ1) is 11.0. The van der Waals surface area contributed by atoms with E-state index in [9.17, 15) is 9.18 Å². The van der Waals surface area contributed by atoms with Crippen LogP contribution in [-0.2, 0) is 6.54 Å². The predicted octanol–water partition coefficient (Wildman–Crippen LogP) is 2.77. The first-order valence-corrected chi connectivity index (χ1v) is 8.71. The van der Waals surface area contributed by atoms with E-state index in [1.54, 1.807) is 12.1 Å². The van der Waals surface area contributed by atoms with Crippen molar-refractivity contribution in [1.82, 2.24) is 14.8 Å². The quantitative estimate of drug-likeness (QED) is 0.934. The summed E-state index contributed by atoms with van der Waals surface area (Å²) in [6, 6.07) is 6.83. The van der Waals surface area contributed by atoms with Gasteiger partial charge in [-0.25, -0.2) is 4.39 Å². The van der Waals surface area contributed by atoms with Crippen LogP contribution < -0.4 is 4.87 Å². The van der Waals surface area contributed by atoms with E-state index >= 15 is 0 Å². The summed E-state index contributed by atoms with van der Waals surface area (Å²) in [7, 11) is 4.27. The number of piperidine rings is 1. The fraction of sp³-hybridized carbons (Fsp3) is 0.471. The van der Waals surface area contributed by atoms with Gasteiger partial charge in [0.1, 0.15) is 5.82 Å². The molecule has 6 heteroatoms. The molecule has 23 heavy (non-hydrogen) atoms. The van der Waals surface area contributed by atoms with Gasteiger partial charge in [-0.05, 0) is 69.9 Å². The number of H-pyrrole nitrogens is 1. The molecule has 0 bridgehead atoms. The van der Waals surface area contributed by atoms with E-state index in [1.807, 2.05) is 0 Å². The molecule has 124 valence electrons. The zero-order chi connectivity index (χ0) is 16.4. The lowest BCUT2D eigenvalue weighted by Crippen LogP contribution is -2.41. The van der Waals surface area contributed by atoms with Gasteiger partial charge >= 0.3 is 4.87 Å². The van der Waals surface area contributed by atoms with Crippen molar-refractivity contribution in [3.8, 4) is 11.3 Å². The van der Waals surface area contributed by atoms with Gasteiger partial charge in [0, 0.05) is 17.5 Å². The fourth-order valence-electron chi connectivity index (χ4n) is 3.11. The highest BCUT2D eigenvalue weighted by atomic mass is 32.1. The number of hydrogen-bond donors (Lipinski definition) is 1. The van der Waals surface area contributed by atoms with E-state index in [4.69, 9.17) is 0 Å². The molecule has 1 aromatic heterocycles. The highest BCUT2D eigenvalue weighted by Gasteiger charge is 2.22. The Morgan fingerprint density at radius 3 is 2.61 bits per heavy atom. The maximum absolute atomic E-state index is 13.1. The van der Waals surface area contributed by atoms with Crippen LogP contribution in [0.3, 0.4) is 0 Å². The maximum atomic E-state index is 13.1. The molecule has 0 amide bonds. The first-order valence-electron chi connectivity index (χ1n) is 7.89. The lowest BCUT2D eigenvalue weighted by Gasteiger charge is -2.35. The SMILES string of the molecule is CN1CCC(N(C)Cc2sc(=O)[nH]c2-c2ccc(F)cc2)CC1. The molecule has 0 radical (unpaired) electrons. The van der Waals surface area contributed by atoms with E-state index in [0.717, 1.165) is 48.6 Å². The lowest BCUT2D eigenvalue weighted by molar-refractivity contribution is 0.140.